The minimum absolute atomic E-state index is 0.0749. The van der Waals surface area contributed by atoms with E-state index in [9.17, 15) is 4.79 Å². The summed E-state index contributed by atoms with van der Waals surface area (Å²) in [5.74, 6) is -0.0749. The van der Waals surface area contributed by atoms with Crippen LogP contribution in [0.2, 0.25) is 0 Å². The number of carbonyl (C=O) groups excluding carboxylic acids is 1. The van der Waals surface area contributed by atoms with Gasteiger partial charge in [-0.15, -0.1) is 0 Å². The highest BCUT2D eigenvalue weighted by atomic mass is 16.1. The Bertz CT molecular complexity index is 1030. The van der Waals surface area contributed by atoms with Gasteiger partial charge in [-0.1, -0.05) is 51.1 Å². The fourth-order valence-corrected chi connectivity index (χ4v) is 4.13. The standard InChI is InChI=1S/C28H34N4O/c1-28(2,3)25-10-12-26(13-11-25)30-27(33)24-8-6-22(7-9-24)20-31-15-17-32(18-16-31)21-23-5-4-14-29-19-23/h4-14,19H,15-18,20-21H2,1-3H3,(H,30,33). The minimum Gasteiger partial charge on any atom is -0.322 e. The number of carbonyl (C=O) groups is 1. The number of aromatic nitrogens is 1. The van der Waals surface area contributed by atoms with E-state index in [1.165, 1.54) is 16.7 Å². The fourth-order valence-electron chi connectivity index (χ4n) is 4.13. The molecule has 0 aliphatic carbocycles. The van der Waals surface area contributed by atoms with Crippen LogP contribution < -0.4 is 5.32 Å². The molecule has 5 nitrogen and oxygen atoms in total. The van der Waals surface area contributed by atoms with Crippen molar-refractivity contribution in [2.24, 2.45) is 0 Å². The van der Waals surface area contributed by atoms with Crippen LogP contribution in [-0.2, 0) is 18.5 Å². The number of piperazine rings is 1. The van der Waals surface area contributed by atoms with Gasteiger partial charge in [-0.3, -0.25) is 19.6 Å². The van der Waals surface area contributed by atoms with E-state index >= 15 is 0 Å². The molecule has 0 unspecified atom stereocenters. The molecule has 1 N–H and O–H groups in total. The van der Waals surface area contributed by atoms with E-state index in [1.807, 2.05) is 42.7 Å². The Morgan fingerprint density at radius 2 is 1.45 bits per heavy atom. The van der Waals surface area contributed by atoms with Crippen LogP contribution in [0, 0.1) is 0 Å². The SMILES string of the molecule is CC(C)(C)c1ccc(NC(=O)c2ccc(CN3CCN(Cc4cccnc4)CC3)cc2)cc1. The highest BCUT2D eigenvalue weighted by molar-refractivity contribution is 6.04. The van der Waals surface area contributed by atoms with Gasteiger partial charge in [0.15, 0.2) is 0 Å². The molecule has 0 spiro atoms. The lowest BCUT2D eigenvalue weighted by Crippen LogP contribution is -2.45. The maximum absolute atomic E-state index is 12.7. The molecule has 1 aliphatic heterocycles. The Labute approximate surface area is 197 Å². The highest BCUT2D eigenvalue weighted by Gasteiger charge is 2.17. The average Bonchev–Trinajstić information content (AvgIpc) is 2.81. The van der Waals surface area contributed by atoms with E-state index < -0.39 is 0 Å². The molecule has 1 fully saturated rings. The Morgan fingerprint density at radius 3 is 2.00 bits per heavy atom. The third-order valence-corrected chi connectivity index (χ3v) is 6.22. The van der Waals surface area contributed by atoms with Crippen molar-refractivity contribution < 1.29 is 4.79 Å². The van der Waals surface area contributed by atoms with E-state index in [0.717, 1.165) is 45.0 Å². The summed E-state index contributed by atoms with van der Waals surface area (Å²) in [6, 6.07) is 20.2. The van der Waals surface area contributed by atoms with Crippen LogP contribution in [0.5, 0.6) is 0 Å². The summed E-state index contributed by atoms with van der Waals surface area (Å²) in [4.78, 5) is 21.8. The first-order valence-electron chi connectivity index (χ1n) is 11.7. The van der Waals surface area contributed by atoms with Crippen LogP contribution in [0.15, 0.2) is 73.1 Å². The van der Waals surface area contributed by atoms with Crippen molar-refractivity contribution in [3.8, 4) is 0 Å². The number of amides is 1. The molecule has 172 valence electrons. The molecule has 2 aromatic carbocycles. The lowest BCUT2D eigenvalue weighted by atomic mass is 9.87. The van der Waals surface area contributed by atoms with Crippen molar-refractivity contribution in [1.29, 1.82) is 0 Å². The topological polar surface area (TPSA) is 48.5 Å². The number of pyridine rings is 1. The molecule has 4 rings (SSSR count). The first kappa shape index (κ1) is 23.1. The molecule has 1 aromatic heterocycles. The number of anilines is 1. The zero-order valence-electron chi connectivity index (χ0n) is 19.9. The molecule has 0 atom stereocenters. The van der Waals surface area contributed by atoms with E-state index in [1.54, 1.807) is 0 Å². The largest absolute Gasteiger partial charge is 0.322 e. The maximum atomic E-state index is 12.7. The first-order valence-corrected chi connectivity index (χ1v) is 11.7. The van der Waals surface area contributed by atoms with Gasteiger partial charge >= 0.3 is 0 Å². The third-order valence-electron chi connectivity index (χ3n) is 6.22. The number of hydrogen-bond donors (Lipinski definition) is 1. The van der Waals surface area contributed by atoms with Crippen LogP contribution in [0.4, 0.5) is 5.69 Å². The van der Waals surface area contributed by atoms with Crippen LogP contribution in [0.3, 0.4) is 0 Å². The lowest BCUT2D eigenvalue weighted by molar-refractivity contribution is 0.102. The molecule has 1 aliphatic rings. The number of nitrogens with zero attached hydrogens (tertiary/aromatic N) is 3. The normalized spacial score (nSPS) is 15.4. The Kier molecular flexibility index (Phi) is 7.21. The number of hydrogen-bond acceptors (Lipinski definition) is 4. The molecule has 1 amide bonds. The van der Waals surface area contributed by atoms with Crippen LogP contribution >= 0.6 is 0 Å². The van der Waals surface area contributed by atoms with Gasteiger partial charge in [-0.25, -0.2) is 0 Å². The Hall–Kier alpha value is -3.02. The fraction of sp³-hybridized carbons (Fsp3) is 0.357. The summed E-state index contributed by atoms with van der Waals surface area (Å²) in [6.45, 7) is 12.6. The first-order chi connectivity index (χ1) is 15.9. The summed E-state index contributed by atoms with van der Waals surface area (Å²) in [6.07, 6.45) is 3.77. The van der Waals surface area contributed by atoms with Gasteiger partial charge in [0.05, 0.1) is 0 Å². The number of nitrogens with one attached hydrogen (secondary N) is 1. The third kappa shape index (κ3) is 6.50. The molecule has 1 saturated heterocycles. The smallest absolute Gasteiger partial charge is 0.255 e. The molecular formula is C28H34N4O. The van der Waals surface area contributed by atoms with Gasteiger partial charge in [-0.05, 0) is 52.4 Å². The van der Waals surface area contributed by atoms with E-state index in [0.29, 0.717) is 5.56 Å². The minimum atomic E-state index is -0.0749. The van der Waals surface area contributed by atoms with Gasteiger partial charge in [0, 0.05) is 62.9 Å². The van der Waals surface area contributed by atoms with Gasteiger partial charge in [0.1, 0.15) is 0 Å². The Balaban J connectivity index is 1.26. The summed E-state index contributed by atoms with van der Waals surface area (Å²) in [7, 11) is 0. The van der Waals surface area contributed by atoms with Gasteiger partial charge < -0.3 is 5.32 Å². The predicted octanol–water partition coefficient (Wildman–Crippen LogP) is 4.95. The van der Waals surface area contributed by atoms with E-state index in [4.69, 9.17) is 0 Å². The van der Waals surface area contributed by atoms with Crippen molar-refractivity contribution in [2.75, 3.05) is 31.5 Å². The van der Waals surface area contributed by atoms with E-state index in [-0.39, 0.29) is 11.3 Å². The molecule has 33 heavy (non-hydrogen) atoms. The van der Waals surface area contributed by atoms with Crippen LogP contribution in [-0.4, -0.2) is 46.9 Å². The molecule has 3 aromatic rings. The Morgan fingerprint density at radius 1 is 0.848 bits per heavy atom. The summed E-state index contributed by atoms with van der Waals surface area (Å²) < 4.78 is 0. The monoisotopic (exact) mass is 442 g/mol. The van der Waals surface area contributed by atoms with Crippen molar-refractivity contribution in [3.63, 3.8) is 0 Å². The second kappa shape index (κ2) is 10.3. The molecule has 5 heteroatoms. The van der Waals surface area contributed by atoms with Crippen molar-refractivity contribution in [1.82, 2.24) is 14.8 Å². The van der Waals surface area contributed by atoms with E-state index in [2.05, 4.69) is 71.2 Å². The van der Waals surface area contributed by atoms with Crippen molar-refractivity contribution >= 4 is 11.6 Å². The summed E-state index contributed by atoms with van der Waals surface area (Å²) in [5, 5.41) is 3.00. The molecular weight excluding hydrogens is 408 g/mol. The molecule has 0 radical (unpaired) electrons. The zero-order chi connectivity index (χ0) is 23.3. The van der Waals surface area contributed by atoms with Crippen LogP contribution in [0.25, 0.3) is 0 Å². The summed E-state index contributed by atoms with van der Waals surface area (Å²) in [5.41, 5.74) is 5.36. The van der Waals surface area contributed by atoms with Crippen LogP contribution in [0.1, 0.15) is 47.8 Å². The lowest BCUT2D eigenvalue weighted by Gasteiger charge is -2.34. The number of rotatable bonds is 6. The highest BCUT2D eigenvalue weighted by Crippen LogP contribution is 2.23. The summed E-state index contributed by atoms with van der Waals surface area (Å²) >= 11 is 0. The van der Waals surface area contributed by atoms with Gasteiger partial charge in [0.2, 0.25) is 0 Å². The molecule has 0 saturated carbocycles. The quantitative estimate of drug-likeness (QED) is 0.587. The predicted molar refractivity (Wildman–Crippen MR) is 134 cm³/mol. The van der Waals surface area contributed by atoms with Crippen molar-refractivity contribution in [2.45, 2.75) is 39.3 Å². The molecule has 0 bridgehead atoms. The van der Waals surface area contributed by atoms with Gasteiger partial charge in [-0.2, -0.15) is 0 Å². The second-order valence-corrected chi connectivity index (χ2v) is 9.89. The van der Waals surface area contributed by atoms with Gasteiger partial charge in [0.25, 0.3) is 5.91 Å². The molecule has 2 heterocycles. The average molecular weight is 443 g/mol. The maximum Gasteiger partial charge on any atom is 0.255 e. The second-order valence-electron chi connectivity index (χ2n) is 9.89. The van der Waals surface area contributed by atoms with Crippen molar-refractivity contribution in [3.05, 3.63) is 95.3 Å². The zero-order valence-corrected chi connectivity index (χ0v) is 19.9. The number of benzene rings is 2.